The molecule has 13 N–H and O–H groups in total. The molecule has 1 aromatic carbocycles. The molecule has 0 fully saturated rings. The Morgan fingerprint density at radius 2 is 1.35 bits per heavy atom. The van der Waals surface area contributed by atoms with Gasteiger partial charge in [-0.1, -0.05) is 30.3 Å². The van der Waals surface area contributed by atoms with E-state index in [4.69, 9.17) is 22.3 Å². The molecule has 0 heterocycles. The summed E-state index contributed by atoms with van der Waals surface area (Å²) in [6, 6.07) is -0.617. The van der Waals surface area contributed by atoms with Gasteiger partial charge in [-0.05, 0) is 58.6 Å². The van der Waals surface area contributed by atoms with Gasteiger partial charge in [0.05, 0.1) is 18.9 Å². The van der Waals surface area contributed by atoms with Gasteiger partial charge < -0.3 is 58.7 Å². The fourth-order valence-corrected chi connectivity index (χ4v) is 5.18. The number of carboxylic acids is 2. The molecular formula is C33H52N8O11. The van der Waals surface area contributed by atoms with Crippen molar-refractivity contribution in [3.63, 3.8) is 0 Å². The lowest BCUT2D eigenvalue weighted by Crippen LogP contribution is -2.61. The van der Waals surface area contributed by atoms with Gasteiger partial charge in [-0.2, -0.15) is 0 Å². The largest absolute Gasteiger partial charge is 0.481 e. The summed E-state index contributed by atoms with van der Waals surface area (Å²) in [5, 5.41) is 37.8. The highest BCUT2D eigenvalue weighted by molar-refractivity contribution is 5.97. The number of hydrogen-bond donors (Lipinski definition) is 10. The van der Waals surface area contributed by atoms with Crippen LogP contribution in [-0.4, -0.2) is 123 Å². The van der Waals surface area contributed by atoms with Gasteiger partial charge >= 0.3 is 11.9 Å². The Bertz CT molecular complexity index is 1390. The van der Waals surface area contributed by atoms with Crippen LogP contribution in [-0.2, 0) is 44.8 Å². The fourth-order valence-electron chi connectivity index (χ4n) is 5.18. The van der Waals surface area contributed by atoms with Crippen molar-refractivity contribution in [3.8, 4) is 0 Å². The van der Waals surface area contributed by atoms with Gasteiger partial charge in [0, 0.05) is 19.1 Å². The number of benzene rings is 1. The van der Waals surface area contributed by atoms with Gasteiger partial charge in [-0.15, -0.1) is 0 Å². The maximum absolute atomic E-state index is 13.9. The summed E-state index contributed by atoms with van der Waals surface area (Å²) >= 11 is 0. The molecule has 0 aromatic heterocycles. The summed E-state index contributed by atoms with van der Waals surface area (Å²) in [5.74, 6) is -8.10. The van der Waals surface area contributed by atoms with Gasteiger partial charge in [-0.3, -0.25) is 33.6 Å². The van der Waals surface area contributed by atoms with Crippen LogP contribution < -0.4 is 38.5 Å². The van der Waals surface area contributed by atoms with E-state index in [1.165, 1.54) is 11.8 Å². The number of primary amides is 1. The third kappa shape index (κ3) is 15.4. The standard InChI is InChI=1S/C33H52N8O11/c1-18(2)41(32(50)22(12-14-42)38-29(47)21(35)16-27(44)45)25(11-7-8-13-34)31(49)37-19(3)28(46)39-23(15-20-9-5-4-6-10-20)30(48)40-24(33(51)52)17-26(36)43/h4-6,9-10,18-19,21-25,42H,7-8,11-17,34-35H2,1-3H3,(H2,36,43)(H,37,49)(H,38,47)(H,39,46)(H,40,48)(H,44,45)(H,51,52)/t19-,21-,22-,23-,24-,25-/m0/s1. The molecule has 0 unspecified atom stereocenters. The molecule has 52 heavy (non-hydrogen) atoms. The Morgan fingerprint density at radius 1 is 0.750 bits per heavy atom. The minimum Gasteiger partial charge on any atom is -0.481 e. The summed E-state index contributed by atoms with van der Waals surface area (Å²) in [5.41, 5.74) is 17.0. The summed E-state index contributed by atoms with van der Waals surface area (Å²) in [7, 11) is 0. The lowest BCUT2D eigenvalue weighted by molar-refractivity contribution is -0.147. The number of aliphatic hydroxyl groups excluding tert-OH is 1. The molecule has 1 rings (SSSR count). The van der Waals surface area contributed by atoms with E-state index in [0.29, 0.717) is 18.4 Å². The number of rotatable bonds is 24. The summed E-state index contributed by atoms with van der Waals surface area (Å²) in [4.78, 5) is 102. The van der Waals surface area contributed by atoms with Gasteiger partial charge in [0.25, 0.3) is 0 Å². The zero-order valence-electron chi connectivity index (χ0n) is 29.6. The van der Waals surface area contributed by atoms with Crippen LogP contribution in [0.25, 0.3) is 0 Å². The first-order valence-corrected chi connectivity index (χ1v) is 16.8. The third-order valence-electron chi connectivity index (χ3n) is 7.83. The molecule has 290 valence electrons. The number of carbonyl (C=O) groups is 8. The van der Waals surface area contributed by atoms with E-state index in [-0.39, 0.29) is 25.8 Å². The minimum absolute atomic E-state index is 0.0785. The Morgan fingerprint density at radius 3 is 1.87 bits per heavy atom. The van der Waals surface area contributed by atoms with Crippen LogP contribution in [0.1, 0.15) is 64.9 Å². The van der Waals surface area contributed by atoms with Crippen LogP contribution >= 0.6 is 0 Å². The lowest BCUT2D eigenvalue weighted by atomic mass is 10.0. The molecule has 19 nitrogen and oxygen atoms in total. The first-order chi connectivity index (χ1) is 24.4. The van der Waals surface area contributed by atoms with E-state index in [1.807, 2.05) is 0 Å². The van der Waals surface area contributed by atoms with Crippen LogP contribution in [0.5, 0.6) is 0 Å². The zero-order valence-corrected chi connectivity index (χ0v) is 29.6. The Kier molecular flexibility index (Phi) is 19.5. The number of unbranched alkanes of at least 4 members (excludes halogenated alkanes) is 1. The predicted molar refractivity (Wildman–Crippen MR) is 186 cm³/mol. The Hall–Kier alpha value is -5.14. The van der Waals surface area contributed by atoms with Crippen molar-refractivity contribution in [3.05, 3.63) is 35.9 Å². The summed E-state index contributed by atoms with van der Waals surface area (Å²) in [6.45, 7) is 4.28. The maximum Gasteiger partial charge on any atom is 0.326 e. The van der Waals surface area contributed by atoms with Crippen LogP contribution in [0, 0.1) is 0 Å². The predicted octanol–water partition coefficient (Wildman–Crippen LogP) is -2.93. The molecule has 6 amide bonds. The van der Waals surface area contributed by atoms with Crippen molar-refractivity contribution in [2.45, 2.75) is 108 Å². The molecule has 6 atom stereocenters. The van der Waals surface area contributed by atoms with E-state index in [1.54, 1.807) is 44.2 Å². The summed E-state index contributed by atoms with van der Waals surface area (Å²) < 4.78 is 0. The van der Waals surface area contributed by atoms with Crippen molar-refractivity contribution in [2.24, 2.45) is 17.2 Å². The average molecular weight is 737 g/mol. The van der Waals surface area contributed by atoms with E-state index in [9.17, 15) is 48.6 Å². The number of nitrogens with two attached hydrogens (primary N) is 3. The summed E-state index contributed by atoms with van der Waals surface area (Å²) in [6.07, 6.45) is -0.857. The van der Waals surface area contributed by atoms with Crippen molar-refractivity contribution >= 4 is 47.4 Å². The first kappa shape index (κ1) is 44.9. The van der Waals surface area contributed by atoms with Gasteiger partial charge in [0.2, 0.25) is 35.4 Å². The molecule has 19 heteroatoms. The minimum atomic E-state index is -1.67. The number of hydrogen-bond acceptors (Lipinski definition) is 11. The second-order valence-corrected chi connectivity index (χ2v) is 12.5. The monoisotopic (exact) mass is 736 g/mol. The fraction of sp³-hybridized carbons (Fsp3) is 0.576. The molecule has 0 aliphatic heterocycles. The number of aliphatic carboxylic acids is 2. The molecule has 0 radical (unpaired) electrons. The Labute approximate surface area is 301 Å². The highest BCUT2D eigenvalue weighted by Crippen LogP contribution is 2.17. The first-order valence-electron chi connectivity index (χ1n) is 16.8. The van der Waals surface area contributed by atoms with Crippen LogP contribution in [0.4, 0.5) is 0 Å². The molecule has 0 saturated carbocycles. The molecular weight excluding hydrogens is 684 g/mol. The number of nitrogens with zero attached hydrogens (tertiary/aromatic N) is 1. The van der Waals surface area contributed by atoms with E-state index < -0.39 is 109 Å². The number of nitrogens with one attached hydrogen (secondary N) is 4. The lowest BCUT2D eigenvalue weighted by Gasteiger charge is -2.37. The Balaban J connectivity index is 3.33. The van der Waals surface area contributed by atoms with E-state index in [2.05, 4.69) is 21.3 Å². The molecule has 0 aliphatic carbocycles. The smallest absolute Gasteiger partial charge is 0.326 e. The van der Waals surface area contributed by atoms with Gasteiger partial charge in [0.1, 0.15) is 30.2 Å². The highest BCUT2D eigenvalue weighted by Gasteiger charge is 2.37. The molecule has 1 aromatic rings. The molecule has 0 bridgehead atoms. The topological polar surface area (TPSA) is 327 Å². The van der Waals surface area contributed by atoms with Crippen LogP contribution in [0.3, 0.4) is 0 Å². The normalized spacial score (nSPS) is 14.4. The van der Waals surface area contributed by atoms with E-state index in [0.717, 1.165) is 0 Å². The van der Waals surface area contributed by atoms with Crippen molar-refractivity contribution in [1.82, 2.24) is 26.2 Å². The number of carbonyl (C=O) groups excluding carboxylic acids is 6. The quantitative estimate of drug-likeness (QED) is 0.0476. The number of carboxylic acid groups (broad SMARTS) is 2. The average Bonchev–Trinajstić information content (AvgIpc) is 3.06. The second-order valence-electron chi connectivity index (χ2n) is 12.5. The van der Waals surface area contributed by atoms with Gasteiger partial charge in [-0.25, -0.2) is 4.79 Å². The second kappa shape index (κ2) is 22.6. The molecule has 0 spiro atoms. The van der Waals surface area contributed by atoms with Crippen LogP contribution in [0.2, 0.25) is 0 Å². The third-order valence-corrected chi connectivity index (χ3v) is 7.83. The van der Waals surface area contributed by atoms with E-state index >= 15 is 0 Å². The molecule has 0 saturated heterocycles. The van der Waals surface area contributed by atoms with Crippen molar-refractivity contribution < 1.29 is 53.7 Å². The SMILES string of the molecule is CC(C)N(C(=O)[C@H](CCO)NC(=O)[C@@H](N)CC(=O)O)[C@@H](CCCCN)C(=O)N[C@@H](C)C(=O)N[C@@H](Cc1ccccc1)C(=O)N[C@@H](CC(N)=O)C(=O)O. The maximum atomic E-state index is 13.9. The van der Waals surface area contributed by atoms with Gasteiger partial charge in [0.15, 0.2) is 0 Å². The molecule has 0 aliphatic rings. The highest BCUT2D eigenvalue weighted by atomic mass is 16.4. The zero-order chi connectivity index (χ0) is 39.5. The van der Waals surface area contributed by atoms with Crippen LogP contribution in [0.15, 0.2) is 30.3 Å². The van der Waals surface area contributed by atoms with Crippen molar-refractivity contribution in [1.29, 1.82) is 0 Å². The number of amides is 6. The van der Waals surface area contributed by atoms with Crippen molar-refractivity contribution in [2.75, 3.05) is 13.2 Å². The number of aliphatic hydroxyl groups is 1.